The third-order valence-corrected chi connectivity index (χ3v) is 5.08. The van der Waals surface area contributed by atoms with E-state index in [1.165, 1.54) is 26.4 Å². The fourth-order valence-corrected chi connectivity index (χ4v) is 3.08. The zero-order valence-electron chi connectivity index (χ0n) is 10.7. The number of nitrogens with zero attached hydrogens (tertiary/aromatic N) is 2. The van der Waals surface area contributed by atoms with E-state index in [0.717, 1.165) is 10.7 Å². The van der Waals surface area contributed by atoms with Gasteiger partial charge in [0, 0.05) is 20.5 Å². The molecule has 1 atom stereocenters. The van der Waals surface area contributed by atoms with E-state index in [1.54, 1.807) is 0 Å². The van der Waals surface area contributed by atoms with E-state index in [9.17, 15) is 8.42 Å². The molecule has 1 aliphatic rings. The summed E-state index contributed by atoms with van der Waals surface area (Å²) in [5, 5.41) is 0. The largest absolute Gasteiger partial charge is 0.471 e. The van der Waals surface area contributed by atoms with Crippen LogP contribution in [0.3, 0.4) is 0 Å². The van der Waals surface area contributed by atoms with Crippen molar-refractivity contribution in [3.63, 3.8) is 0 Å². The number of ether oxygens (including phenoxy) is 2. The van der Waals surface area contributed by atoms with Crippen LogP contribution in [0.1, 0.15) is 6.42 Å². The van der Waals surface area contributed by atoms with E-state index in [1.807, 2.05) is 0 Å². The molecule has 0 saturated carbocycles. The Morgan fingerprint density at radius 2 is 2.26 bits per heavy atom. The van der Waals surface area contributed by atoms with Crippen LogP contribution in [0.4, 0.5) is 0 Å². The highest BCUT2D eigenvalue weighted by atomic mass is 79.9. The summed E-state index contributed by atoms with van der Waals surface area (Å²) in [7, 11) is -0.531. The maximum Gasteiger partial charge on any atom is 0.244 e. The standard InChI is InChI=1S/C11H15BrN2O4S/c1-14(2)19(15,16)9-5-10(12)11(13-6-9)18-8-3-4-17-7-8/h5-6,8H,3-4,7H2,1-2H3. The predicted octanol–water partition coefficient (Wildman–Crippen LogP) is 1.26. The summed E-state index contributed by atoms with van der Waals surface area (Å²) in [6, 6.07) is 1.49. The minimum absolute atomic E-state index is 0.0277. The Bertz CT molecular complexity index is 556. The number of hydrogen-bond acceptors (Lipinski definition) is 5. The Labute approximate surface area is 120 Å². The van der Waals surface area contributed by atoms with Crippen LogP contribution in [0, 0.1) is 0 Å². The summed E-state index contributed by atoms with van der Waals surface area (Å²) in [5.74, 6) is 0.383. The van der Waals surface area contributed by atoms with E-state index in [4.69, 9.17) is 9.47 Å². The van der Waals surface area contributed by atoms with Crippen LogP contribution in [0.2, 0.25) is 0 Å². The molecule has 0 radical (unpaired) electrons. The second-order valence-electron chi connectivity index (χ2n) is 4.35. The second-order valence-corrected chi connectivity index (χ2v) is 7.36. The van der Waals surface area contributed by atoms with Crippen LogP contribution < -0.4 is 4.74 Å². The maximum atomic E-state index is 11.9. The van der Waals surface area contributed by atoms with Gasteiger partial charge < -0.3 is 9.47 Å². The summed E-state index contributed by atoms with van der Waals surface area (Å²) in [6.45, 7) is 1.21. The first-order valence-electron chi connectivity index (χ1n) is 5.73. The number of halogens is 1. The van der Waals surface area contributed by atoms with Crippen molar-refractivity contribution in [2.75, 3.05) is 27.3 Å². The molecule has 1 aliphatic heterocycles. The number of sulfonamides is 1. The lowest BCUT2D eigenvalue weighted by Gasteiger charge is -2.14. The Kier molecular flexibility index (Phi) is 4.44. The number of hydrogen-bond donors (Lipinski definition) is 0. The van der Waals surface area contributed by atoms with Crippen LogP contribution in [0.25, 0.3) is 0 Å². The van der Waals surface area contributed by atoms with Crippen LogP contribution >= 0.6 is 15.9 Å². The number of rotatable bonds is 4. The molecule has 1 fully saturated rings. The highest BCUT2D eigenvalue weighted by Gasteiger charge is 2.22. The summed E-state index contributed by atoms with van der Waals surface area (Å²) in [5.41, 5.74) is 0. The molecule has 19 heavy (non-hydrogen) atoms. The van der Waals surface area contributed by atoms with Crippen molar-refractivity contribution >= 4 is 26.0 Å². The Morgan fingerprint density at radius 1 is 1.53 bits per heavy atom. The SMILES string of the molecule is CN(C)S(=O)(=O)c1cnc(OC2CCOC2)c(Br)c1. The van der Waals surface area contributed by atoms with Crippen LogP contribution in [-0.4, -0.2) is 51.1 Å². The van der Waals surface area contributed by atoms with E-state index in [0.29, 0.717) is 23.6 Å². The van der Waals surface area contributed by atoms with Gasteiger partial charge in [0.25, 0.3) is 0 Å². The molecule has 2 heterocycles. The molecule has 1 aromatic heterocycles. The Hall–Kier alpha value is -0.700. The lowest BCUT2D eigenvalue weighted by Crippen LogP contribution is -2.22. The molecule has 0 N–H and O–H groups in total. The molecule has 0 bridgehead atoms. The molecule has 106 valence electrons. The average Bonchev–Trinajstić information content (AvgIpc) is 2.84. The Morgan fingerprint density at radius 3 is 2.79 bits per heavy atom. The topological polar surface area (TPSA) is 68.7 Å². The molecule has 8 heteroatoms. The zero-order valence-corrected chi connectivity index (χ0v) is 13.1. The van der Waals surface area contributed by atoms with Gasteiger partial charge in [0.05, 0.1) is 23.9 Å². The molecule has 0 aliphatic carbocycles. The normalized spacial score (nSPS) is 19.9. The third-order valence-electron chi connectivity index (χ3n) is 2.73. The highest BCUT2D eigenvalue weighted by molar-refractivity contribution is 9.10. The van der Waals surface area contributed by atoms with Crippen LogP contribution in [0.5, 0.6) is 5.88 Å². The molecular weight excluding hydrogens is 336 g/mol. The molecule has 0 spiro atoms. The quantitative estimate of drug-likeness (QED) is 0.817. The van der Waals surface area contributed by atoms with Crippen molar-refractivity contribution in [3.8, 4) is 5.88 Å². The molecule has 0 amide bonds. The van der Waals surface area contributed by atoms with Gasteiger partial charge in [0.2, 0.25) is 15.9 Å². The van der Waals surface area contributed by atoms with Gasteiger partial charge in [0.1, 0.15) is 11.0 Å². The van der Waals surface area contributed by atoms with Gasteiger partial charge in [-0.15, -0.1) is 0 Å². The molecular formula is C11H15BrN2O4S. The first-order valence-corrected chi connectivity index (χ1v) is 7.97. The van der Waals surface area contributed by atoms with Crippen molar-refractivity contribution in [1.82, 2.24) is 9.29 Å². The van der Waals surface area contributed by atoms with Gasteiger partial charge in [-0.25, -0.2) is 17.7 Å². The Balaban J connectivity index is 2.22. The second kappa shape index (κ2) is 5.74. The molecule has 1 aromatic rings. The van der Waals surface area contributed by atoms with Gasteiger partial charge in [-0.05, 0) is 22.0 Å². The molecule has 6 nitrogen and oxygen atoms in total. The van der Waals surface area contributed by atoms with Crippen LogP contribution in [-0.2, 0) is 14.8 Å². The zero-order chi connectivity index (χ0) is 14.0. The lowest BCUT2D eigenvalue weighted by atomic mass is 10.3. The van der Waals surface area contributed by atoms with Gasteiger partial charge in [-0.2, -0.15) is 0 Å². The van der Waals surface area contributed by atoms with E-state index >= 15 is 0 Å². The van der Waals surface area contributed by atoms with E-state index < -0.39 is 10.0 Å². The van der Waals surface area contributed by atoms with Gasteiger partial charge in [-0.1, -0.05) is 0 Å². The molecule has 0 aromatic carbocycles. The fourth-order valence-electron chi connectivity index (χ4n) is 1.61. The van der Waals surface area contributed by atoms with Crippen molar-refractivity contribution in [3.05, 3.63) is 16.7 Å². The smallest absolute Gasteiger partial charge is 0.244 e. The monoisotopic (exact) mass is 350 g/mol. The van der Waals surface area contributed by atoms with Crippen molar-refractivity contribution in [1.29, 1.82) is 0 Å². The summed E-state index contributed by atoms with van der Waals surface area (Å²) >= 11 is 3.28. The molecule has 1 saturated heterocycles. The van der Waals surface area contributed by atoms with Crippen molar-refractivity contribution in [2.24, 2.45) is 0 Å². The third kappa shape index (κ3) is 3.25. The van der Waals surface area contributed by atoms with Gasteiger partial charge in [-0.3, -0.25) is 0 Å². The first kappa shape index (κ1) is 14.7. The first-order chi connectivity index (χ1) is 8.91. The van der Waals surface area contributed by atoms with Gasteiger partial charge in [0.15, 0.2) is 0 Å². The molecule has 2 rings (SSSR count). The highest BCUT2D eigenvalue weighted by Crippen LogP contribution is 2.27. The van der Waals surface area contributed by atoms with E-state index in [2.05, 4.69) is 20.9 Å². The number of pyridine rings is 1. The summed E-state index contributed by atoms with van der Waals surface area (Å²) in [4.78, 5) is 4.18. The fraction of sp³-hybridized carbons (Fsp3) is 0.545. The molecule has 1 unspecified atom stereocenters. The predicted molar refractivity (Wildman–Crippen MR) is 72.7 cm³/mol. The van der Waals surface area contributed by atoms with Gasteiger partial charge >= 0.3 is 0 Å². The summed E-state index contributed by atoms with van der Waals surface area (Å²) in [6.07, 6.45) is 2.08. The minimum atomic E-state index is -3.48. The lowest BCUT2D eigenvalue weighted by molar-refractivity contribution is 0.137. The van der Waals surface area contributed by atoms with Crippen molar-refractivity contribution < 1.29 is 17.9 Å². The average molecular weight is 351 g/mol. The number of aromatic nitrogens is 1. The maximum absolute atomic E-state index is 11.9. The summed E-state index contributed by atoms with van der Waals surface area (Å²) < 4.78 is 36.4. The van der Waals surface area contributed by atoms with Crippen molar-refractivity contribution in [2.45, 2.75) is 17.4 Å². The van der Waals surface area contributed by atoms with E-state index in [-0.39, 0.29) is 11.0 Å². The van der Waals surface area contributed by atoms with Crippen LogP contribution in [0.15, 0.2) is 21.6 Å². The minimum Gasteiger partial charge on any atom is -0.471 e.